The topological polar surface area (TPSA) is 63.1 Å². The highest BCUT2D eigenvalue weighted by Crippen LogP contribution is 2.23. The fourth-order valence-corrected chi connectivity index (χ4v) is 1.36. The monoisotopic (exact) mass is 248 g/mol. The summed E-state index contributed by atoms with van der Waals surface area (Å²) in [5.41, 5.74) is -0.234. The third kappa shape index (κ3) is 2.88. The second kappa shape index (κ2) is 6.44. The molecule has 94 valence electrons. The largest absolute Gasteiger partial charge is 0.478 e. The zero-order valence-electron chi connectivity index (χ0n) is 10.1. The maximum atomic E-state index is 13.6. The number of aromatic nitrogens is 2. The summed E-state index contributed by atoms with van der Waals surface area (Å²) in [4.78, 5) is 18.6. The van der Waals surface area contributed by atoms with Crippen LogP contribution in [0.1, 0.15) is 24.2 Å². The van der Waals surface area contributed by atoms with Crippen LogP contribution in [-0.2, 0) is 0 Å². The molecule has 5 heteroatoms. The molecule has 0 saturated heterocycles. The molecular weight excluding hydrogens is 235 g/mol. The molecule has 1 aromatic carbocycles. The molecule has 0 amide bonds. The molecular formula is C13H13FN2O2. The minimum Gasteiger partial charge on any atom is -0.478 e. The van der Waals surface area contributed by atoms with Crippen LogP contribution in [0.25, 0.3) is 11.4 Å². The molecule has 0 aliphatic heterocycles. The highest BCUT2D eigenvalue weighted by molar-refractivity contribution is 5.95. The van der Waals surface area contributed by atoms with E-state index in [1.807, 2.05) is 13.8 Å². The summed E-state index contributed by atoms with van der Waals surface area (Å²) in [5, 5.41) is 8.93. The predicted molar refractivity (Wildman–Crippen MR) is 65.7 cm³/mol. The van der Waals surface area contributed by atoms with Crippen LogP contribution in [0.15, 0.2) is 36.7 Å². The van der Waals surface area contributed by atoms with Crippen molar-refractivity contribution >= 4 is 5.97 Å². The summed E-state index contributed by atoms with van der Waals surface area (Å²) < 4.78 is 13.6. The van der Waals surface area contributed by atoms with Crippen molar-refractivity contribution in [3.05, 3.63) is 48.0 Å². The van der Waals surface area contributed by atoms with Gasteiger partial charge in [0.2, 0.25) is 0 Å². The maximum Gasteiger partial charge on any atom is 0.336 e. The number of hydrogen-bond donors (Lipinski definition) is 1. The zero-order valence-corrected chi connectivity index (χ0v) is 10.1. The van der Waals surface area contributed by atoms with Gasteiger partial charge < -0.3 is 5.11 Å². The second-order valence-electron chi connectivity index (χ2n) is 3.04. The Balaban J connectivity index is 0.000000771. The van der Waals surface area contributed by atoms with Gasteiger partial charge in [-0.15, -0.1) is 0 Å². The van der Waals surface area contributed by atoms with E-state index in [0.29, 0.717) is 0 Å². The van der Waals surface area contributed by atoms with Crippen LogP contribution in [0.2, 0.25) is 0 Å². The molecule has 0 spiro atoms. The Bertz CT molecular complexity index is 530. The first-order valence-corrected chi connectivity index (χ1v) is 5.49. The first kappa shape index (κ1) is 13.8. The van der Waals surface area contributed by atoms with Crippen LogP contribution in [-0.4, -0.2) is 21.0 Å². The lowest BCUT2D eigenvalue weighted by molar-refractivity contribution is 0.0697. The number of benzene rings is 1. The summed E-state index contributed by atoms with van der Waals surface area (Å²) in [5.74, 6) is -1.79. The summed E-state index contributed by atoms with van der Waals surface area (Å²) in [6.45, 7) is 4.00. The van der Waals surface area contributed by atoms with Crippen molar-refractivity contribution in [2.45, 2.75) is 13.8 Å². The minimum absolute atomic E-state index is 0.0676. The van der Waals surface area contributed by atoms with Crippen molar-refractivity contribution in [3.8, 4) is 11.4 Å². The molecule has 2 rings (SSSR count). The number of hydrogen-bond acceptors (Lipinski definition) is 3. The molecule has 1 heterocycles. The number of carbonyl (C=O) groups is 1. The normalized spacial score (nSPS) is 9.28. The Kier molecular flexibility index (Phi) is 4.92. The van der Waals surface area contributed by atoms with Crippen LogP contribution < -0.4 is 0 Å². The smallest absolute Gasteiger partial charge is 0.336 e. The molecule has 18 heavy (non-hydrogen) atoms. The predicted octanol–water partition coefficient (Wildman–Crippen LogP) is 3.01. The Hall–Kier alpha value is -2.30. The lowest BCUT2D eigenvalue weighted by atomic mass is 10.1. The third-order valence-electron chi connectivity index (χ3n) is 2.03. The van der Waals surface area contributed by atoms with E-state index in [1.165, 1.54) is 30.6 Å². The Morgan fingerprint density at radius 1 is 1.17 bits per heavy atom. The van der Waals surface area contributed by atoms with E-state index < -0.39 is 11.8 Å². The van der Waals surface area contributed by atoms with Crippen molar-refractivity contribution in [1.29, 1.82) is 0 Å². The molecule has 0 aliphatic rings. The molecule has 0 radical (unpaired) electrons. The van der Waals surface area contributed by atoms with Gasteiger partial charge in [-0.3, -0.25) is 0 Å². The first-order valence-electron chi connectivity index (χ1n) is 5.49. The molecule has 0 aliphatic carbocycles. The van der Waals surface area contributed by atoms with Gasteiger partial charge in [0.25, 0.3) is 0 Å². The average molecular weight is 248 g/mol. The lowest BCUT2D eigenvalue weighted by Gasteiger charge is -2.05. The Labute approximate surface area is 104 Å². The molecule has 0 saturated carbocycles. The maximum absolute atomic E-state index is 13.6. The van der Waals surface area contributed by atoms with E-state index in [2.05, 4.69) is 9.97 Å². The number of nitrogens with zero attached hydrogens (tertiary/aromatic N) is 2. The molecule has 0 unspecified atom stereocenters. The van der Waals surface area contributed by atoms with Gasteiger partial charge >= 0.3 is 5.97 Å². The van der Waals surface area contributed by atoms with Crippen molar-refractivity contribution in [2.24, 2.45) is 0 Å². The molecule has 2 aromatic rings. The Morgan fingerprint density at radius 3 is 2.33 bits per heavy atom. The van der Waals surface area contributed by atoms with Gasteiger partial charge in [0.05, 0.1) is 11.1 Å². The summed E-state index contributed by atoms with van der Waals surface area (Å²) >= 11 is 0. The van der Waals surface area contributed by atoms with Crippen molar-refractivity contribution in [2.75, 3.05) is 0 Å². The van der Waals surface area contributed by atoms with Crippen LogP contribution in [0.4, 0.5) is 4.39 Å². The fraction of sp³-hybridized carbons (Fsp3) is 0.154. The Morgan fingerprint density at radius 2 is 1.78 bits per heavy atom. The number of aromatic carboxylic acids is 1. The van der Waals surface area contributed by atoms with Gasteiger partial charge in [-0.2, -0.15) is 0 Å². The highest BCUT2D eigenvalue weighted by Gasteiger charge is 2.17. The number of halogens is 1. The fourth-order valence-electron chi connectivity index (χ4n) is 1.36. The van der Waals surface area contributed by atoms with E-state index in [0.717, 1.165) is 0 Å². The summed E-state index contributed by atoms with van der Waals surface area (Å²) in [6.07, 6.45) is 2.86. The zero-order chi connectivity index (χ0) is 13.5. The SMILES string of the molecule is CC.O=C(O)c1cccc(F)c1-c1ncccn1. The van der Waals surface area contributed by atoms with Crippen molar-refractivity contribution in [1.82, 2.24) is 9.97 Å². The van der Waals surface area contributed by atoms with Gasteiger partial charge in [0, 0.05) is 12.4 Å². The number of carboxylic acids is 1. The van der Waals surface area contributed by atoms with E-state index in [4.69, 9.17) is 5.11 Å². The van der Waals surface area contributed by atoms with Gasteiger partial charge in [-0.25, -0.2) is 19.2 Å². The molecule has 1 N–H and O–H groups in total. The number of carboxylic acid groups (broad SMARTS) is 1. The molecule has 0 atom stereocenters. The van der Waals surface area contributed by atoms with Crippen LogP contribution in [0.5, 0.6) is 0 Å². The highest BCUT2D eigenvalue weighted by atomic mass is 19.1. The van der Waals surface area contributed by atoms with Crippen molar-refractivity contribution < 1.29 is 14.3 Å². The molecule has 4 nitrogen and oxygen atoms in total. The van der Waals surface area contributed by atoms with Gasteiger partial charge in [-0.1, -0.05) is 19.9 Å². The van der Waals surface area contributed by atoms with E-state index in [9.17, 15) is 9.18 Å². The molecule has 0 fully saturated rings. The molecule has 0 bridgehead atoms. The van der Waals surface area contributed by atoms with Gasteiger partial charge in [-0.05, 0) is 18.2 Å². The van der Waals surface area contributed by atoms with Crippen LogP contribution in [0.3, 0.4) is 0 Å². The molecule has 1 aromatic heterocycles. The second-order valence-corrected chi connectivity index (χ2v) is 3.04. The van der Waals surface area contributed by atoms with Gasteiger partial charge in [0.1, 0.15) is 5.82 Å². The standard InChI is InChI=1S/C11H7FN2O2.C2H6/c12-8-4-1-3-7(11(15)16)9(8)10-13-5-2-6-14-10;1-2/h1-6H,(H,15,16);1-2H3. The van der Waals surface area contributed by atoms with Gasteiger partial charge in [0.15, 0.2) is 5.82 Å². The quantitative estimate of drug-likeness (QED) is 0.887. The summed E-state index contributed by atoms with van der Waals surface area (Å²) in [6, 6.07) is 5.41. The average Bonchev–Trinajstić information content (AvgIpc) is 2.41. The van der Waals surface area contributed by atoms with E-state index >= 15 is 0 Å². The van der Waals surface area contributed by atoms with Crippen molar-refractivity contribution in [3.63, 3.8) is 0 Å². The minimum atomic E-state index is -1.21. The van der Waals surface area contributed by atoms with E-state index in [1.54, 1.807) is 6.07 Å². The lowest BCUT2D eigenvalue weighted by Crippen LogP contribution is -2.03. The third-order valence-corrected chi connectivity index (χ3v) is 2.03. The number of rotatable bonds is 2. The van der Waals surface area contributed by atoms with E-state index in [-0.39, 0.29) is 17.0 Å². The van der Waals surface area contributed by atoms with Crippen LogP contribution >= 0.6 is 0 Å². The van der Waals surface area contributed by atoms with Crippen LogP contribution in [0, 0.1) is 5.82 Å². The summed E-state index contributed by atoms with van der Waals surface area (Å²) in [7, 11) is 0. The first-order chi connectivity index (χ1) is 8.70.